The zero-order valence-corrected chi connectivity index (χ0v) is 13.0. The lowest BCUT2D eigenvalue weighted by Crippen LogP contribution is -2.33. The largest absolute Gasteiger partial charge is 0.481 e. The highest BCUT2D eigenvalue weighted by Gasteiger charge is 2.31. The summed E-state index contributed by atoms with van der Waals surface area (Å²) >= 11 is 6.11. The van der Waals surface area contributed by atoms with Crippen LogP contribution >= 0.6 is 11.6 Å². The molecular weight excluding hydrogens is 318 g/mol. The molecule has 1 fully saturated rings. The lowest BCUT2D eigenvalue weighted by atomic mass is 10.1. The molecule has 120 valence electrons. The van der Waals surface area contributed by atoms with Crippen LogP contribution in [0.1, 0.15) is 29.8 Å². The predicted octanol–water partition coefficient (Wildman–Crippen LogP) is 3.58. The van der Waals surface area contributed by atoms with E-state index in [0.717, 1.165) is 5.56 Å². The van der Waals surface area contributed by atoms with E-state index in [4.69, 9.17) is 21.1 Å². The van der Waals surface area contributed by atoms with Crippen LogP contribution in [-0.2, 0) is 4.79 Å². The number of furan rings is 1. The highest BCUT2D eigenvalue weighted by Crippen LogP contribution is 2.30. The van der Waals surface area contributed by atoms with Gasteiger partial charge in [0, 0.05) is 11.6 Å². The van der Waals surface area contributed by atoms with Gasteiger partial charge in [-0.05, 0) is 43.5 Å². The number of carbonyl (C=O) groups excluding carboxylic acids is 1. The van der Waals surface area contributed by atoms with E-state index in [1.807, 2.05) is 18.2 Å². The third-order valence-corrected chi connectivity index (χ3v) is 4.42. The van der Waals surface area contributed by atoms with E-state index in [0.29, 0.717) is 30.0 Å². The van der Waals surface area contributed by atoms with Gasteiger partial charge in [0.2, 0.25) is 0 Å². The summed E-state index contributed by atoms with van der Waals surface area (Å²) in [6.45, 7) is 0. The van der Waals surface area contributed by atoms with Crippen molar-refractivity contribution in [2.24, 2.45) is 5.92 Å². The average Bonchev–Trinajstić information content (AvgIpc) is 3.16. The minimum absolute atomic E-state index is 0.127. The number of aliphatic carboxylic acids is 1. The Morgan fingerprint density at radius 2 is 1.96 bits per heavy atom. The summed E-state index contributed by atoms with van der Waals surface area (Å²) in [4.78, 5) is 23.2. The summed E-state index contributed by atoms with van der Waals surface area (Å²) in [6.07, 6.45) is 1.71. The second-order valence-electron chi connectivity index (χ2n) is 5.66. The Morgan fingerprint density at radius 3 is 2.65 bits per heavy atom. The fourth-order valence-corrected chi connectivity index (χ4v) is 3.09. The van der Waals surface area contributed by atoms with E-state index >= 15 is 0 Å². The molecule has 6 heteroatoms. The van der Waals surface area contributed by atoms with E-state index in [1.165, 1.54) is 0 Å². The van der Waals surface area contributed by atoms with Crippen molar-refractivity contribution in [3.63, 3.8) is 0 Å². The third-order valence-electron chi connectivity index (χ3n) is 4.09. The first-order valence-electron chi connectivity index (χ1n) is 7.43. The molecule has 1 saturated carbocycles. The maximum atomic E-state index is 12.2. The van der Waals surface area contributed by atoms with Crippen molar-refractivity contribution in [1.82, 2.24) is 5.32 Å². The molecule has 1 amide bonds. The smallest absolute Gasteiger partial charge is 0.306 e. The molecule has 1 aromatic carbocycles. The van der Waals surface area contributed by atoms with Gasteiger partial charge >= 0.3 is 5.97 Å². The van der Waals surface area contributed by atoms with Crippen LogP contribution in [0, 0.1) is 5.92 Å². The molecule has 23 heavy (non-hydrogen) atoms. The summed E-state index contributed by atoms with van der Waals surface area (Å²) in [7, 11) is 0. The van der Waals surface area contributed by atoms with Crippen LogP contribution in [-0.4, -0.2) is 23.0 Å². The molecular formula is C17H16ClNO4. The minimum Gasteiger partial charge on any atom is -0.481 e. The predicted molar refractivity (Wildman–Crippen MR) is 85.4 cm³/mol. The molecule has 1 heterocycles. The van der Waals surface area contributed by atoms with Gasteiger partial charge in [-0.2, -0.15) is 0 Å². The molecule has 1 aliphatic rings. The summed E-state index contributed by atoms with van der Waals surface area (Å²) in [5, 5.41) is 12.4. The zero-order chi connectivity index (χ0) is 16.4. The van der Waals surface area contributed by atoms with Gasteiger partial charge < -0.3 is 14.8 Å². The van der Waals surface area contributed by atoms with Crippen LogP contribution in [0.15, 0.2) is 40.8 Å². The first-order valence-corrected chi connectivity index (χ1v) is 7.81. The molecule has 1 aromatic heterocycles. The van der Waals surface area contributed by atoms with E-state index in [1.54, 1.807) is 18.2 Å². The summed E-state index contributed by atoms with van der Waals surface area (Å²) in [5.41, 5.74) is 0.722. The molecule has 0 bridgehead atoms. The van der Waals surface area contributed by atoms with Crippen LogP contribution < -0.4 is 5.32 Å². The molecule has 0 aliphatic heterocycles. The third kappa shape index (κ3) is 3.40. The van der Waals surface area contributed by atoms with Gasteiger partial charge in [0.15, 0.2) is 5.76 Å². The first-order chi connectivity index (χ1) is 11.0. The Morgan fingerprint density at radius 1 is 1.17 bits per heavy atom. The molecule has 3 rings (SSSR count). The van der Waals surface area contributed by atoms with E-state index in [2.05, 4.69) is 5.32 Å². The number of hydrogen-bond acceptors (Lipinski definition) is 3. The van der Waals surface area contributed by atoms with Gasteiger partial charge in [-0.1, -0.05) is 23.7 Å². The Kier molecular flexibility index (Phi) is 4.39. The van der Waals surface area contributed by atoms with Gasteiger partial charge in [0.25, 0.3) is 5.91 Å². The second-order valence-corrected chi connectivity index (χ2v) is 6.07. The van der Waals surface area contributed by atoms with Crippen LogP contribution in [0.2, 0.25) is 5.02 Å². The Labute approximate surface area is 138 Å². The van der Waals surface area contributed by atoms with Crippen LogP contribution in [0.25, 0.3) is 11.3 Å². The lowest BCUT2D eigenvalue weighted by molar-refractivity contribution is -0.141. The number of rotatable bonds is 4. The van der Waals surface area contributed by atoms with Crippen molar-refractivity contribution in [3.8, 4) is 11.3 Å². The molecule has 2 N–H and O–H groups in total. The monoisotopic (exact) mass is 333 g/mol. The van der Waals surface area contributed by atoms with E-state index in [9.17, 15) is 9.59 Å². The van der Waals surface area contributed by atoms with Crippen molar-refractivity contribution < 1.29 is 19.1 Å². The Hall–Kier alpha value is -2.27. The minimum atomic E-state index is -0.805. The molecule has 0 spiro atoms. The lowest BCUT2D eigenvalue weighted by Gasteiger charge is -2.10. The molecule has 2 atom stereocenters. The summed E-state index contributed by atoms with van der Waals surface area (Å²) in [6, 6.07) is 10.4. The number of nitrogens with one attached hydrogen (secondary N) is 1. The van der Waals surface area contributed by atoms with Gasteiger partial charge in [-0.25, -0.2) is 0 Å². The average molecular weight is 334 g/mol. The maximum absolute atomic E-state index is 12.2. The highest BCUT2D eigenvalue weighted by molar-refractivity contribution is 6.33. The second kappa shape index (κ2) is 6.46. The van der Waals surface area contributed by atoms with Gasteiger partial charge in [-0.3, -0.25) is 9.59 Å². The normalized spacial score (nSPS) is 20.4. The first kappa shape index (κ1) is 15.6. The number of carbonyl (C=O) groups is 2. The van der Waals surface area contributed by atoms with E-state index in [-0.39, 0.29) is 23.6 Å². The number of carboxylic acids is 1. The van der Waals surface area contributed by atoms with Crippen molar-refractivity contribution in [2.45, 2.75) is 25.3 Å². The van der Waals surface area contributed by atoms with Gasteiger partial charge in [0.1, 0.15) is 5.76 Å². The van der Waals surface area contributed by atoms with Crippen molar-refractivity contribution in [3.05, 3.63) is 47.2 Å². The van der Waals surface area contributed by atoms with Crippen LogP contribution in [0.3, 0.4) is 0 Å². The topological polar surface area (TPSA) is 79.5 Å². The number of amides is 1. The van der Waals surface area contributed by atoms with Crippen LogP contribution in [0.4, 0.5) is 0 Å². The Bertz CT molecular complexity index is 740. The molecule has 1 aliphatic carbocycles. The summed E-state index contributed by atoms with van der Waals surface area (Å²) < 4.78 is 5.58. The number of carboxylic acid groups (broad SMARTS) is 1. The maximum Gasteiger partial charge on any atom is 0.306 e. The standard InChI is InChI=1S/C17H16ClNO4/c18-13-4-2-1-3-12(13)14-7-8-15(23-14)16(20)19-11-6-5-10(9-11)17(21)22/h1-4,7-8,10-11H,5-6,9H2,(H,19,20)(H,21,22)/t10-,11+/m0/s1. The molecule has 0 saturated heterocycles. The SMILES string of the molecule is O=C(N[C@@H]1CC[C@H](C(=O)O)C1)c1ccc(-c2ccccc2Cl)o1. The fraction of sp³-hybridized carbons (Fsp3) is 0.294. The van der Waals surface area contributed by atoms with E-state index < -0.39 is 5.97 Å². The molecule has 0 radical (unpaired) electrons. The van der Waals surface area contributed by atoms with Crippen molar-refractivity contribution >= 4 is 23.5 Å². The number of benzene rings is 1. The number of hydrogen-bond donors (Lipinski definition) is 2. The van der Waals surface area contributed by atoms with Gasteiger partial charge in [-0.15, -0.1) is 0 Å². The van der Waals surface area contributed by atoms with Gasteiger partial charge in [0.05, 0.1) is 10.9 Å². The molecule has 5 nitrogen and oxygen atoms in total. The zero-order valence-electron chi connectivity index (χ0n) is 12.3. The van der Waals surface area contributed by atoms with Crippen LogP contribution in [0.5, 0.6) is 0 Å². The molecule has 2 aromatic rings. The summed E-state index contributed by atoms with van der Waals surface area (Å²) in [5.74, 6) is -0.801. The fourth-order valence-electron chi connectivity index (χ4n) is 2.86. The van der Waals surface area contributed by atoms with Crippen molar-refractivity contribution in [2.75, 3.05) is 0 Å². The highest BCUT2D eigenvalue weighted by atomic mass is 35.5. The number of halogens is 1. The molecule has 0 unspecified atom stereocenters. The van der Waals surface area contributed by atoms with Crippen molar-refractivity contribution in [1.29, 1.82) is 0 Å². The quantitative estimate of drug-likeness (QED) is 0.896. The Balaban J connectivity index is 1.68.